The van der Waals surface area contributed by atoms with Crippen molar-refractivity contribution in [2.45, 2.75) is 31.1 Å². The Kier molecular flexibility index (Phi) is 4.73. The number of carbonyl (C=O) groups is 1. The van der Waals surface area contributed by atoms with Crippen molar-refractivity contribution in [1.29, 1.82) is 0 Å². The van der Waals surface area contributed by atoms with Gasteiger partial charge in [-0.25, -0.2) is 4.98 Å². The van der Waals surface area contributed by atoms with Crippen LogP contribution in [0.3, 0.4) is 0 Å². The van der Waals surface area contributed by atoms with Crippen LogP contribution in [0.4, 0.5) is 0 Å². The molecule has 2 heterocycles. The number of aryl methyl sites for hydroxylation is 1. The highest BCUT2D eigenvalue weighted by atomic mass is 35.5. The molecule has 23 heavy (non-hydrogen) atoms. The molecule has 0 spiro atoms. The first-order valence-electron chi connectivity index (χ1n) is 7.26. The maximum Gasteiger partial charge on any atom is 0.257 e. The number of hydrogen-bond donors (Lipinski definition) is 1. The van der Waals surface area contributed by atoms with E-state index in [4.69, 9.17) is 11.6 Å². The minimum atomic E-state index is -0.139. The smallest absolute Gasteiger partial charge is 0.257 e. The van der Waals surface area contributed by atoms with Crippen molar-refractivity contribution in [2.75, 3.05) is 5.75 Å². The molecule has 1 aliphatic heterocycles. The maximum absolute atomic E-state index is 12.2. The summed E-state index contributed by atoms with van der Waals surface area (Å²) in [7, 11) is 0. The zero-order chi connectivity index (χ0) is 16.4. The first-order valence-corrected chi connectivity index (χ1v) is 8.63. The van der Waals surface area contributed by atoms with Gasteiger partial charge in [0.1, 0.15) is 0 Å². The summed E-state index contributed by atoms with van der Waals surface area (Å²) in [4.78, 5) is 28.7. The molecule has 1 atom stereocenters. The van der Waals surface area contributed by atoms with Crippen molar-refractivity contribution in [3.8, 4) is 0 Å². The molecule has 0 radical (unpaired) electrons. The number of fused-ring (bicyclic) bond motifs is 1. The van der Waals surface area contributed by atoms with Gasteiger partial charge < -0.3 is 5.32 Å². The van der Waals surface area contributed by atoms with Gasteiger partial charge in [0.05, 0.1) is 6.04 Å². The third kappa shape index (κ3) is 3.59. The van der Waals surface area contributed by atoms with Crippen LogP contribution in [0.1, 0.15) is 23.6 Å². The lowest BCUT2D eigenvalue weighted by Crippen LogP contribution is -2.31. The lowest BCUT2D eigenvalue weighted by molar-refractivity contribution is -0.121. The van der Waals surface area contributed by atoms with E-state index in [1.54, 1.807) is 29.8 Å². The molecule has 0 saturated heterocycles. The Bertz CT molecular complexity index is 789. The third-order valence-electron chi connectivity index (χ3n) is 3.72. The highest BCUT2D eigenvalue weighted by Gasteiger charge is 2.27. The Morgan fingerprint density at radius 2 is 2.17 bits per heavy atom. The number of hydrogen-bond acceptors (Lipinski definition) is 4. The lowest BCUT2D eigenvalue weighted by atomic mass is 10.2. The second kappa shape index (κ2) is 6.76. The first-order chi connectivity index (χ1) is 11.0. The number of thioether (sulfide) groups is 1. The van der Waals surface area contributed by atoms with E-state index in [1.807, 2.05) is 12.1 Å². The van der Waals surface area contributed by atoms with Crippen LogP contribution >= 0.6 is 23.4 Å². The summed E-state index contributed by atoms with van der Waals surface area (Å²) in [6, 6.07) is 7.20. The maximum atomic E-state index is 12.2. The fraction of sp³-hybridized carbons (Fsp3) is 0.312. The molecule has 1 aromatic carbocycles. The lowest BCUT2D eigenvalue weighted by Gasteiger charge is -2.13. The first kappa shape index (κ1) is 16.1. The quantitative estimate of drug-likeness (QED) is 0.862. The molecular weight excluding hydrogens is 334 g/mol. The van der Waals surface area contributed by atoms with Gasteiger partial charge in [0, 0.05) is 35.5 Å². The van der Waals surface area contributed by atoms with E-state index in [-0.39, 0.29) is 23.9 Å². The van der Waals surface area contributed by atoms with Gasteiger partial charge in [-0.1, -0.05) is 35.5 Å². The summed E-state index contributed by atoms with van der Waals surface area (Å²) >= 11 is 7.35. The zero-order valence-electron chi connectivity index (χ0n) is 12.6. The number of nitrogens with zero attached hydrogens (tertiary/aromatic N) is 2. The Morgan fingerprint density at radius 3 is 2.91 bits per heavy atom. The highest BCUT2D eigenvalue weighted by molar-refractivity contribution is 7.99. The van der Waals surface area contributed by atoms with Gasteiger partial charge in [-0.3, -0.25) is 14.2 Å². The molecule has 0 saturated carbocycles. The Hall–Kier alpha value is -1.79. The van der Waals surface area contributed by atoms with Crippen molar-refractivity contribution in [3.63, 3.8) is 0 Å². The van der Waals surface area contributed by atoms with Gasteiger partial charge in [-0.05, 0) is 24.6 Å². The summed E-state index contributed by atoms with van der Waals surface area (Å²) in [6.07, 6.45) is 1.86. The molecule has 0 fully saturated rings. The van der Waals surface area contributed by atoms with Gasteiger partial charge >= 0.3 is 0 Å². The van der Waals surface area contributed by atoms with Crippen LogP contribution in [0.5, 0.6) is 0 Å². The van der Waals surface area contributed by atoms with Crippen LogP contribution in [0, 0.1) is 6.92 Å². The third-order valence-corrected chi connectivity index (χ3v) is 5.09. The van der Waals surface area contributed by atoms with Gasteiger partial charge in [-0.15, -0.1) is 0 Å². The Labute approximate surface area is 143 Å². The van der Waals surface area contributed by atoms with E-state index >= 15 is 0 Å². The average molecular weight is 350 g/mol. The van der Waals surface area contributed by atoms with Crippen molar-refractivity contribution < 1.29 is 4.79 Å². The summed E-state index contributed by atoms with van der Waals surface area (Å²) in [5.74, 6) is 0.617. The van der Waals surface area contributed by atoms with E-state index in [9.17, 15) is 9.59 Å². The van der Waals surface area contributed by atoms with E-state index < -0.39 is 0 Å². The van der Waals surface area contributed by atoms with Crippen LogP contribution in [-0.2, 0) is 11.3 Å². The van der Waals surface area contributed by atoms with Crippen LogP contribution in [-0.4, -0.2) is 21.2 Å². The summed E-state index contributed by atoms with van der Waals surface area (Å²) in [5, 5.41) is 4.24. The van der Waals surface area contributed by atoms with E-state index in [2.05, 4.69) is 10.3 Å². The average Bonchev–Trinajstić information content (AvgIpc) is 2.94. The molecule has 1 N–H and O–H groups in total. The largest absolute Gasteiger partial charge is 0.352 e. The highest BCUT2D eigenvalue weighted by Crippen LogP contribution is 2.31. The van der Waals surface area contributed by atoms with Gasteiger partial charge in [0.2, 0.25) is 5.91 Å². The molecule has 5 nitrogen and oxygen atoms in total. The minimum Gasteiger partial charge on any atom is -0.352 e. The van der Waals surface area contributed by atoms with Crippen LogP contribution in [0.25, 0.3) is 0 Å². The van der Waals surface area contributed by atoms with Crippen molar-refractivity contribution >= 4 is 29.3 Å². The second-order valence-corrected chi connectivity index (χ2v) is 6.89. The molecule has 1 aromatic heterocycles. The number of halogens is 1. The fourth-order valence-electron chi connectivity index (χ4n) is 2.46. The monoisotopic (exact) mass is 349 g/mol. The van der Waals surface area contributed by atoms with Crippen molar-refractivity contribution in [2.24, 2.45) is 0 Å². The fourth-order valence-corrected chi connectivity index (χ4v) is 3.69. The molecule has 1 aliphatic rings. The molecule has 3 rings (SSSR count). The molecule has 120 valence electrons. The van der Waals surface area contributed by atoms with E-state index in [0.717, 1.165) is 5.56 Å². The Morgan fingerprint density at radius 1 is 1.43 bits per heavy atom. The number of benzene rings is 1. The number of carbonyl (C=O) groups excluding carboxylic acids is 1. The summed E-state index contributed by atoms with van der Waals surface area (Å²) < 4.78 is 1.64. The predicted octanol–water partition coefficient (Wildman–Crippen LogP) is 2.56. The van der Waals surface area contributed by atoms with Gasteiger partial charge in [0.15, 0.2) is 5.16 Å². The number of nitrogens with one attached hydrogen (secondary N) is 1. The number of rotatable bonds is 4. The topological polar surface area (TPSA) is 64.0 Å². The standard InChI is InChI=1S/C16H16ClN3O2S/c1-10-7-19-16-20(15(10)22)13(9-23-16)6-14(21)18-8-11-2-4-12(17)5-3-11/h2-5,7,13H,6,8-9H2,1H3,(H,18,21)/t13-/m0/s1. The van der Waals surface area contributed by atoms with E-state index in [1.165, 1.54) is 11.8 Å². The Balaban J connectivity index is 1.63. The molecular formula is C16H16ClN3O2S. The van der Waals surface area contributed by atoms with E-state index in [0.29, 0.717) is 28.0 Å². The molecule has 7 heteroatoms. The summed E-state index contributed by atoms with van der Waals surface area (Å²) in [5.41, 5.74) is 1.52. The number of aromatic nitrogens is 2. The molecule has 0 bridgehead atoms. The zero-order valence-corrected chi connectivity index (χ0v) is 14.2. The molecule has 1 amide bonds. The number of amides is 1. The molecule has 0 unspecified atom stereocenters. The van der Waals surface area contributed by atoms with Crippen LogP contribution in [0.15, 0.2) is 40.4 Å². The molecule has 2 aromatic rings. The molecule has 0 aliphatic carbocycles. The van der Waals surface area contributed by atoms with Gasteiger partial charge in [0.25, 0.3) is 5.56 Å². The minimum absolute atomic E-state index is 0.0597. The normalized spacial score (nSPS) is 16.2. The second-order valence-electron chi connectivity index (χ2n) is 5.47. The SMILES string of the molecule is Cc1cnc2n(c1=O)[C@@H](CC(=O)NCc1ccc(Cl)cc1)CS2. The predicted molar refractivity (Wildman–Crippen MR) is 90.9 cm³/mol. The van der Waals surface area contributed by atoms with Gasteiger partial charge in [-0.2, -0.15) is 0 Å². The van der Waals surface area contributed by atoms with Crippen LogP contribution in [0.2, 0.25) is 5.02 Å². The van der Waals surface area contributed by atoms with Crippen molar-refractivity contribution in [1.82, 2.24) is 14.9 Å². The summed E-state index contributed by atoms with van der Waals surface area (Å²) in [6.45, 7) is 2.19. The van der Waals surface area contributed by atoms with Crippen LogP contribution < -0.4 is 10.9 Å². The van der Waals surface area contributed by atoms with Crippen molar-refractivity contribution in [3.05, 3.63) is 57.0 Å².